The smallest absolute Gasteiger partial charge is 0.248 e. The highest BCUT2D eigenvalue weighted by Crippen LogP contribution is 2.43. The highest BCUT2D eigenvalue weighted by molar-refractivity contribution is 5.36. The largest absolute Gasteiger partial charge is 0.321 e. The number of hydrogen-bond donors (Lipinski definition) is 1. The van der Waals surface area contributed by atoms with Crippen molar-refractivity contribution >= 4 is 0 Å². The number of alkyl halides is 2. The van der Waals surface area contributed by atoms with Crippen LogP contribution in [0.4, 0.5) is 8.78 Å². The molecular weight excluding hydrogens is 220 g/mol. The Labute approximate surface area is 101 Å². The zero-order valence-corrected chi connectivity index (χ0v) is 10.4. The summed E-state index contributed by atoms with van der Waals surface area (Å²) in [5, 5.41) is 0. The lowest BCUT2D eigenvalue weighted by Gasteiger charge is -2.38. The van der Waals surface area contributed by atoms with Gasteiger partial charge in [0.2, 0.25) is 5.92 Å². The molecule has 0 radical (unpaired) electrons. The van der Waals surface area contributed by atoms with Crippen LogP contribution in [0.2, 0.25) is 0 Å². The van der Waals surface area contributed by atoms with E-state index in [1.54, 1.807) is 0 Å². The van der Waals surface area contributed by atoms with Crippen LogP contribution in [-0.2, 0) is 5.54 Å². The molecule has 0 heterocycles. The maximum absolute atomic E-state index is 13.2. The molecule has 2 N–H and O–H groups in total. The monoisotopic (exact) mass is 239 g/mol. The fraction of sp³-hybridized carbons (Fsp3) is 0.571. The molecule has 1 aliphatic carbocycles. The lowest BCUT2D eigenvalue weighted by Crippen LogP contribution is -2.44. The van der Waals surface area contributed by atoms with Gasteiger partial charge in [0, 0.05) is 18.4 Å². The van der Waals surface area contributed by atoms with Gasteiger partial charge in [0.15, 0.2) is 0 Å². The second kappa shape index (κ2) is 4.05. The van der Waals surface area contributed by atoms with Gasteiger partial charge in [-0.05, 0) is 37.8 Å². The van der Waals surface area contributed by atoms with Gasteiger partial charge in [-0.3, -0.25) is 0 Å². The van der Waals surface area contributed by atoms with Crippen molar-refractivity contribution in [2.75, 3.05) is 0 Å². The summed E-state index contributed by atoms with van der Waals surface area (Å²) in [6.07, 6.45) is 0.530. The molecule has 0 spiro atoms. The molecule has 3 heteroatoms. The highest BCUT2D eigenvalue weighted by atomic mass is 19.3. The molecule has 2 rings (SSSR count). The Kier molecular flexibility index (Phi) is 2.98. The van der Waals surface area contributed by atoms with E-state index in [-0.39, 0.29) is 12.8 Å². The first-order valence-corrected chi connectivity index (χ1v) is 6.07. The topological polar surface area (TPSA) is 26.0 Å². The summed E-state index contributed by atoms with van der Waals surface area (Å²) in [4.78, 5) is 0. The van der Waals surface area contributed by atoms with E-state index in [1.807, 2.05) is 32.0 Å². The van der Waals surface area contributed by atoms with E-state index in [0.717, 1.165) is 16.7 Å². The molecule has 0 bridgehead atoms. The van der Waals surface area contributed by atoms with E-state index in [1.165, 1.54) is 0 Å². The molecule has 1 saturated carbocycles. The van der Waals surface area contributed by atoms with Crippen LogP contribution in [0.25, 0.3) is 0 Å². The van der Waals surface area contributed by atoms with E-state index in [9.17, 15) is 8.78 Å². The molecule has 0 aromatic heterocycles. The third kappa shape index (κ3) is 2.49. The van der Waals surface area contributed by atoms with Crippen LogP contribution in [0.15, 0.2) is 18.2 Å². The first-order chi connectivity index (χ1) is 7.82. The van der Waals surface area contributed by atoms with E-state index in [0.29, 0.717) is 12.8 Å². The Morgan fingerprint density at radius 1 is 1.06 bits per heavy atom. The van der Waals surface area contributed by atoms with Gasteiger partial charge >= 0.3 is 0 Å². The van der Waals surface area contributed by atoms with Crippen LogP contribution < -0.4 is 5.73 Å². The number of nitrogens with two attached hydrogens (primary N) is 1. The third-order valence-corrected chi connectivity index (χ3v) is 3.80. The van der Waals surface area contributed by atoms with Crippen molar-refractivity contribution in [3.63, 3.8) is 0 Å². The van der Waals surface area contributed by atoms with E-state index < -0.39 is 11.5 Å². The summed E-state index contributed by atoms with van der Waals surface area (Å²) < 4.78 is 26.4. The Morgan fingerprint density at radius 2 is 1.65 bits per heavy atom. The van der Waals surface area contributed by atoms with Crippen LogP contribution in [0.1, 0.15) is 42.4 Å². The highest BCUT2D eigenvalue weighted by Gasteiger charge is 2.42. The van der Waals surface area contributed by atoms with Crippen LogP contribution in [0.3, 0.4) is 0 Å². The summed E-state index contributed by atoms with van der Waals surface area (Å²) >= 11 is 0. The van der Waals surface area contributed by atoms with Crippen LogP contribution >= 0.6 is 0 Å². The lowest BCUT2D eigenvalue weighted by atomic mass is 9.74. The molecule has 17 heavy (non-hydrogen) atoms. The predicted molar refractivity (Wildman–Crippen MR) is 65.2 cm³/mol. The van der Waals surface area contributed by atoms with Crippen molar-refractivity contribution in [1.29, 1.82) is 0 Å². The Balaban J connectivity index is 2.30. The zero-order valence-electron chi connectivity index (χ0n) is 10.4. The first kappa shape index (κ1) is 12.5. The minimum Gasteiger partial charge on any atom is -0.321 e. The molecule has 0 saturated heterocycles. The average molecular weight is 239 g/mol. The Morgan fingerprint density at radius 3 is 2.24 bits per heavy atom. The standard InChI is InChI=1S/C14H19F2N/c1-10-3-4-11(2)12(9-10)13(17)5-7-14(15,16)8-6-13/h3-4,9H,5-8,17H2,1-2H3. The summed E-state index contributed by atoms with van der Waals surface area (Å²) in [6, 6.07) is 6.09. The van der Waals surface area contributed by atoms with E-state index in [2.05, 4.69) is 0 Å². The molecule has 1 aliphatic rings. The number of rotatable bonds is 1. The van der Waals surface area contributed by atoms with Crippen molar-refractivity contribution in [3.8, 4) is 0 Å². The molecule has 0 aliphatic heterocycles. The molecular formula is C14H19F2N. The maximum atomic E-state index is 13.2. The molecule has 0 atom stereocenters. The number of halogens is 2. The van der Waals surface area contributed by atoms with Crippen LogP contribution in [0.5, 0.6) is 0 Å². The number of aryl methyl sites for hydroxylation is 2. The first-order valence-electron chi connectivity index (χ1n) is 6.07. The lowest BCUT2D eigenvalue weighted by molar-refractivity contribution is -0.0514. The van der Waals surface area contributed by atoms with Crippen LogP contribution in [-0.4, -0.2) is 5.92 Å². The second-order valence-electron chi connectivity index (χ2n) is 5.33. The van der Waals surface area contributed by atoms with Gasteiger partial charge in [0.1, 0.15) is 0 Å². The van der Waals surface area contributed by atoms with E-state index >= 15 is 0 Å². The Bertz CT molecular complexity index is 416. The minimum atomic E-state index is -2.53. The number of benzene rings is 1. The van der Waals surface area contributed by atoms with Crippen molar-refractivity contribution in [1.82, 2.24) is 0 Å². The fourth-order valence-corrected chi connectivity index (χ4v) is 2.60. The van der Waals surface area contributed by atoms with Gasteiger partial charge in [-0.25, -0.2) is 8.78 Å². The van der Waals surface area contributed by atoms with Crippen LogP contribution in [0, 0.1) is 13.8 Å². The predicted octanol–water partition coefficient (Wildman–Crippen LogP) is 3.67. The molecule has 1 aromatic rings. The van der Waals surface area contributed by atoms with Gasteiger partial charge in [0.25, 0.3) is 0 Å². The zero-order chi connectivity index (χ0) is 12.7. The molecule has 1 nitrogen and oxygen atoms in total. The molecule has 0 unspecified atom stereocenters. The van der Waals surface area contributed by atoms with Gasteiger partial charge in [0.05, 0.1) is 0 Å². The minimum absolute atomic E-state index is 0.100. The molecule has 94 valence electrons. The SMILES string of the molecule is Cc1ccc(C)c(C2(N)CCC(F)(F)CC2)c1. The van der Waals surface area contributed by atoms with Crippen molar-refractivity contribution in [2.45, 2.75) is 51.0 Å². The van der Waals surface area contributed by atoms with E-state index in [4.69, 9.17) is 5.73 Å². The molecule has 1 aromatic carbocycles. The number of hydrogen-bond acceptors (Lipinski definition) is 1. The third-order valence-electron chi connectivity index (χ3n) is 3.80. The average Bonchev–Trinajstić information content (AvgIpc) is 2.26. The van der Waals surface area contributed by atoms with Crippen molar-refractivity contribution < 1.29 is 8.78 Å². The summed E-state index contributed by atoms with van der Waals surface area (Å²) in [5.41, 5.74) is 9.03. The normalized spacial score (nSPS) is 22.4. The summed E-state index contributed by atoms with van der Waals surface area (Å²) in [7, 11) is 0. The maximum Gasteiger partial charge on any atom is 0.248 e. The van der Waals surface area contributed by atoms with Gasteiger partial charge in [-0.15, -0.1) is 0 Å². The quantitative estimate of drug-likeness (QED) is 0.795. The van der Waals surface area contributed by atoms with Crippen molar-refractivity contribution in [3.05, 3.63) is 34.9 Å². The fourth-order valence-electron chi connectivity index (χ4n) is 2.60. The van der Waals surface area contributed by atoms with Gasteiger partial charge in [-0.2, -0.15) is 0 Å². The molecule has 1 fully saturated rings. The molecule has 0 amide bonds. The second-order valence-corrected chi connectivity index (χ2v) is 5.33. The summed E-state index contributed by atoms with van der Waals surface area (Å²) in [6.45, 7) is 4.00. The van der Waals surface area contributed by atoms with Gasteiger partial charge in [-0.1, -0.05) is 23.8 Å². The van der Waals surface area contributed by atoms with Crippen molar-refractivity contribution in [2.24, 2.45) is 5.73 Å². The summed E-state index contributed by atoms with van der Waals surface area (Å²) in [5.74, 6) is -2.53. The Hall–Kier alpha value is -0.960. The van der Waals surface area contributed by atoms with Gasteiger partial charge < -0.3 is 5.73 Å².